The summed E-state index contributed by atoms with van der Waals surface area (Å²) in [6, 6.07) is 5.64. The molecule has 8 heteroatoms. The zero-order valence-corrected chi connectivity index (χ0v) is 18.1. The molecule has 0 bridgehead atoms. The van der Waals surface area contributed by atoms with Gasteiger partial charge in [-0.15, -0.1) is 24.0 Å². The van der Waals surface area contributed by atoms with Gasteiger partial charge in [-0.05, 0) is 37.0 Å². The van der Waals surface area contributed by atoms with Gasteiger partial charge in [-0.25, -0.2) is 4.98 Å². The fourth-order valence-electron chi connectivity index (χ4n) is 2.32. The molecule has 0 amide bonds. The monoisotopic (exact) mass is 495 g/mol. The maximum Gasteiger partial charge on any atom is 0.190 e. The number of nitrogens with one attached hydrogen (secondary N) is 2. The van der Waals surface area contributed by atoms with Gasteiger partial charge in [-0.1, -0.05) is 29.3 Å². The van der Waals surface area contributed by atoms with Gasteiger partial charge in [0.15, 0.2) is 5.96 Å². The minimum Gasteiger partial charge on any atom is -0.356 e. The minimum atomic E-state index is 0. The van der Waals surface area contributed by atoms with Crippen molar-refractivity contribution < 1.29 is 0 Å². The predicted octanol–water partition coefficient (Wildman–Crippen LogP) is 4.00. The summed E-state index contributed by atoms with van der Waals surface area (Å²) in [4.78, 5) is 8.26. The van der Waals surface area contributed by atoms with Crippen LogP contribution in [-0.4, -0.2) is 35.6 Å². The number of aryl methyl sites for hydroxylation is 2. The summed E-state index contributed by atoms with van der Waals surface area (Å²) in [5.74, 6) is 0.822. The lowest BCUT2D eigenvalue weighted by Gasteiger charge is -2.12. The summed E-state index contributed by atoms with van der Waals surface area (Å²) in [7, 11) is 1.78. The molecule has 0 spiro atoms. The van der Waals surface area contributed by atoms with Crippen molar-refractivity contribution in [3.05, 3.63) is 52.5 Å². The number of hydrogen-bond donors (Lipinski definition) is 2. The summed E-state index contributed by atoms with van der Waals surface area (Å²) < 4.78 is 2.06. The molecule has 138 valence electrons. The Hall–Kier alpha value is -0.990. The number of nitrogens with zero attached hydrogens (tertiary/aromatic N) is 3. The molecular formula is C17H24Cl2IN5. The summed E-state index contributed by atoms with van der Waals surface area (Å²) in [6.07, 6.45) is 8.47. The number of rotatable bonds is 8. The normalized spacial score (nSPS) is 11.1. The van der Waals surface area contributed by atoms with Crippen molar-refractivity contribution in [3.8, 4) is 0 Å². The topological polar surface area (TPSA) is 54.2 Å². The first-order valence-electron chi connectivity index (χ1n) is 8.03. The zero-order chi connectivity index (χ0) is 17.2. The Morgan fingerprint density at radius 1 is 1.20 bits per heavy atom. The molecule has 0 fully saturated rings. The van der Waals surface area contributed by atoms with E-state index in [-0.39, 0.29) is 24.0 Å². The van der Waals surface area contributed by atoms with Gasteiger partial charge in [0.1, 0.15) is 0 Å². The van der Waals surface area contributed by atoms with Crippen LogP contribution in [0.15, 0.2) is 41.9 Å². The van der Waals surface area contributed by atoms with Gasteiger partial charge in [-0.3, -0.25) is 4.99 Å². The molecule has 1 heterocycles. The number of aromatic nitrogens is 2. The predicted molar refractivity (Wildman–Crippen MR) is 116 cm³/mol. The Kier molecular flexibility index (Phi) is 10.9. The van der Waals surface area contributed by atoms with Crippen molar-refractivity contribution in [2.45, 2.75) is 25.8 Å². The summed E-state index contributed by atoms with van der Waals surface area (Å²) in [6.45, 7) is 2.64. The lowest BCUT2D eigenvalue weighted by atomic mass is 10.1. The first kappa shape index (κ1) is 22.1. The Morgan fingerprint density at radius 3 is 2.60 bits per heavy atom. The molecule has 2 aromatic rings. The van der Waals surface area contributed by atoms with E-state index in [1.165, 1.54) is 0 Å². The fourth-order valence-corrected chi connectivity index (χ4v) is 2.82. The quantitative estimate of drug-likeness (QED) is 0.252. The van der Waals surface area contributed by atoms with E-state index in [2.05, 4.69) is 25.2 Å². The average molecular weight is 496 g/mol. The molecule has 0 unspecified atom stereocenters. The van der Waals surface area contributed by atoms with Crippen LogP contribution in [-0.2, 0) is 13.0 Å². The summed E-state index contributed by atoms with van der Waals surface area (Å²) in [5.41, 5.74) is 1.12. The van der Waals surface area contributed by atoms with Crippen LogP contribution in [0.4, 0.5) is 0 Å². The van der Waals surface area contributed by atoms with E-state index in [9.17, 15) is 0 Å². The standard InChI is InChI=1S/C17H23Cl2N5.HI/c1-20-17(23-8-3-10-24-11-9-21-13-24)22-7-2-4-14-5-6-15(18)12-16(14)19;/h5-6,9,11-13H,2-4,7-8,10H2,1H3,(H2,20,22,23);1H. The molecule has 1 aromatic heterocycles. The largest absolute Gasteiger partial charge is 0.356 e. The molecule has 5 nitrogen and oxygen atoms in total. The molecule has 0 radical (unpaired) electrons. The van der Waals surface area contributed by atoms with Crippen LogP contribution in [0.25, 0.3) is 0 Å². The van der Waals surface area contributed by atoms with Crippen molar-refractivity contribution in [3.63, 3.8) is 0 Å². The van der Waals surface area contributed by atoms with E-state index in [1.807, 2.05) is 24.7 Å². The van der Waals surface area contributed by atoms with Crippen LogP contribution in [0.5, 0.6) is 0 Å². The molecule has 0 saturated carbocycles. The number of benzene rings is 1. The van der Waals surface area contributed by atoms with E-state index >= 15 is 0 Å². The second-order valence-electron chi connectivity index (χ2n) is 5.42. The van der Waals surface area contributed by atoms with E-state index in [0.29, 0.717) is 5.02 Å². The van der Waals surface area contributed by atoms with E-state index in [1.54, 1.807) is 19.3 Å². The van der Waals surface area contributed by atoms with Gasteiger partial charge in [0, 0.05) is 49.1 Å². The van der Waals surface area contributed by atoms with Gasteiger partial charge < -0.3 is 15.2 Å². The smallest absolute Gasteiger partial charge is 0.190 e. The molecule has 0 aliphatic heterocycles. The van der Waals surface area contributed by atoms with Crippen molar-refractivity contribution in [1.29, 1.82) is 0 Å². The Bertz CT molecular complexity index is 646. The highest BCUT2D eigenvalue weighted by molar-refractivity contribution is 14.0. The lowest BCUT2D eigenvalue weighted by molar-refractivity contribution is 0.623. The van der Waals surface area contributed by atoms with Gasteiger partial charge in [0.25, 0.3) is 0 Å². The highest BCUT2D eigenvalue weighted by atomic mass is 127. The molecule has 2 N–H and O–H groups in total. The number of guanidine groups is 1. The number of hydrogen-bond acceptors (Lipinski definition) is 2. The first-order valence-corrected chi connectivity index (χ1v) is 8.79. The second kappa shape index (κ2) is 12.4. The van der Waals surface area contributed by atoms with E-state index in [4.69, 9.17) is 23.2 Å². The van der Waals surface area contributed by atoms with E-state index < -0.39 is 0 Å². The molecule has 0 atom stereocenters. The minimum absolute atomic E-state index is 0. The highest BCUT2D eigenvalue weighted by Crippen LogP contribution is 2.21. The van der Waals surface area contributed by atoms with Crippen LogP contribution in [0.1, 0.15) is 18.4 Å². The number of imidazole rings is 1. The molecule has 1 aromatic carbocycles. The SMILES string of the molecule is CN=C(NCCCc1ccc(Cl)cc1Cl)NCCCn1ccnc1.I. The summed E-state index contributed by atoms with van der Waals surface area (Å²) >= 11 is 12.1. The number of aliphatic imine (C=N–C) groups is 1. The number of halogens is 3. The van der Waals surface area contributed by atoms with E-state index in [0.717, 1.165) is 55.4 Å². The second-order valence-corrected chi connectivity index (χ2v) is 6.26. The van der Waals surface area contributed by atoms with Crippen LogP contribution in [0.2, 0.25) is 10.0 Å². The van der Waals surface area contributed by atoms with Gasteiger partial charge >= 0.3 is 0 Å². The molecule has 0 saturated heterocycles. The molecular weight excluding hydrogens is 472 g/mol. The van der Waals surface area contributed by atoms with Crippen LogP contribution < -0.4 is 10.6 Å². The van der Waals surface area contributed by atoms with Gasteiger partial charge in [0.2, 0.25) is 0 Å². The summed E-state index contributed by atoms with van der Waals surface area (Å²) in [5, 5.41) is 8.02. The maximum atomic E-state index is 6.18. The average Bonchev–Trinajstić information content (AvgIpc) is 3.08. The van der Waals surface area contributed by atoms with Crippen molar-refractivity contribution in [1.82, 2.24) is 20.2 Å². The maximum absolute atomic E-state index is 6.18. The van der Waals surface area contributed by atoms with Crippen LogP contribution >= 0.6 is 47.2 Å². The molecule has 0 aliphatic carbocycles. The van der Waals surface area contributed by atoms with Crippen molar-refractivity contribution in [2.75, 3.05) is 20.1 Å². The first-order chi connectivity index (χ1) is 11.7. The molecule has 0 aliphatic rings. The fraction of sp³-hybridized carbons (Fsp3) is 0.412. The Balaban J connectivity index is 0.00000312. The lowest BCUT2D eigenvalue weighted by Crippen LogP contribution is -2.38. The molecule has 25 heavy (non-hydrogen) atoms. The Morgan fingerprint density at radius 2 is 1.96 bits per heavy atom. The third-order valence-electron chi connectivity index (χ3n) is 3.60. The van der Waals surface area contributed by atoms with Crippen LogP contribution in [0.3, 0.4) is 0 Å². The highest BCUT2D eigenvalue weighted by Gasteiger charge is 2.02. The molecule has 2 rings (SSSR count). The van der Waals surface area contributed by atoms with Crippen LogP contribution in [0, 0.1) is 0 Å². The van der Waals surface area contributed by atoms with Gasteiger partial charge in [0.05, 0.1) is 6.33 Å². The Labute approximate surface area is 176 Å². The van der Waals surface area contributed by atoms with Crippen molar-refractivity contribution in [2.24, 2.45) is 4.99 Å². The third kappa shape index (κ3) is 8.29. The van der Waals surface area contributed by atoms with Gasteiger partial charge in [-0.2, -0.15) is 0 Å². The zero-order valence-electron chi connectivity index (χ0n) is 14.2. The third-order valence-corrected chi connectivity index (χ3v) is 4.19. The van der Waals surface area contributed by atoms with Crippen molar-refractivity contribution >= 4 is 53.1 Å².